The molecular formula is C17H22N2O3. The van der Waals surface area contributed by atoms with E-state index in [1.165, 1.54) is 6.92 Å². The topological polar surface area (TPSA) is 66.5 Å². The lowest BCUT2D eigenvalue weighted by Crippen LogP contribution is -2.34. The van der Waals surface area contributed by atoms with Crippen molar-refractivity contribution in [3.05, 3.63) is 29.8 Å². The van der Waals surface area contributed by atoms with Crippen LogP contribution in [0.3, 0.4) is 0 Å². The van der Waals surface area contributed by atoms with Crippen molar-refractivity contribution in [2.45, 2.75) is 39.0 Å². The largest absolute Gasteiger partial charge is 0.342 e. The zero-order valence-corrected chi connectivity index (χ0v) is 12.9. The van der Waals surface area contributed by atoms with E-state index in [-0.39, 0.29) is 24.0 Å². The second-order valence-corrected chi connectivity index (χ2v) is 5.66. The molecule has 2 amide bonds. The molecule has 1 N–H and O–H groups in total. The number of hydrogen-bond acceptors (Lipinski definition) is 3. The number of rotatable bonds is 4. The summed E-state index contributed by atoms with van der Waals surface area (Å²) in [6, 6.07) is 6.74. The molecule has 0 spiro atoms. The maximum Gasteiger partial charge on any atom is 0.233 e. The maximum atomic E-state index is 12.1. The van der Waals surface area contributed by atoms with E-state index in [0.717, 1.165) is 38.8 Å². The monoisotopic (exact) mass is 302 g/mol. The number of ketones is 1. The molecule has 0 bridgehead atoms. The van der Waals surface area contributed by atoms with Gasteiger partial charge in [-0.05, 0) is 31.9 Å². The van der Waals surface area contributed by atoms with Crippen LogP contribution in [0.25, 0.3) is 0 Å². The average Bonchev–Trinajstić information content (AvgIpc) is 2.76. The van der Waals surface area contributed by atoms with Crippen LogP contribution in [0.5, 0.6) is 0 Å². The van der Waals surface area contributed by atoms with E-state index in [2.05, 4.69) is 5.32 Å². The van der Waals surface area contributed by atoms with E-state index in [0.29, 0.717) is 11.3 Å². The molecule has 118 valence electrons. The fraction of sp³-hybridized carbons (Fsp3) is 0.471. The van der Waals surface area contributed by atoms with Gasteiger partial charge in [-0.2, -0.15) is 0 Å². The number of likely N-dealkylation sites (tertiary alicyclic amines) is 1. The summed E-state index contributed by atoms with van der Waals surface area (Å²) >= 11 is 0. The van der Waals surface area contributed by atoms with Crippen LogP contribution in [-0.2, 0) is 9.59 Å². The molecule has 1 saturated heterocycles. The Bertz CT molecular complexity index is 561. The van der Waals surface area contributed by atoms with Gasteiger partial charge in [-0.1, -0.05) is 25.0 Å². The third-order valence-corrected chi connectivity index (χ3v) is 3.82. The van der Waals surface area contributed by atoms with Crippen molar-refractivity contribution in [2.75, 3.05) is 18.4 Å². The molecule has 1 aromatic carbocycles. The van der Waals surface area contributed by atoms with Gasteiger partial charge >= 0.3 is 0 Å². The van der Waals surface area contributed by atoms with Crippen molar-refractivity contribution in [3.63, 3.8) is 0 Å². The molecule has 0 unspecified atom stereocenters. The Morgan fingerprint density at radius 1 is 1.09 bits per heavy atom. The summed E-state index contributed by atoms with van der Waals surface area (Å²) in [7, 11) is 0. The number of amides is 2. The highest BCUT2D eigenvalue weighted by Gasteiger charge is 2.18. The first-order valence-electron chi connectivity index (χ1n) is 7.75. The van der Waals surface area contributed by atoms with Gasteiger partial charge in [-0.25, -0.2) is 0 Å². The van der Waals surface area contributed by atoms with Crippen molar-refractivity contribution in [3.8, 4) is 0 Å². The molecule has 1 aliphatic heterocycles. The predicted molar refractivity (Wildman–Crippen MR) is 84.7 cm³/mol. The Labute approximate surface area is 130 Å². The highest BCUT2D eigenvalue weighted by atomic mass is 16.2. The molecular weight excluding hydrogens is 280 g/mol. The number of nitrogens with one attached hydrogen (secondary N) is 1. The molecule has 2 rings (SSSR count). The van der Waals surface area contributed by atoms with E-state index >= 15 is 0 Å². The quantitative estimate of drug-likeness (QED) is 0.687. The second kappa shape index (κ2) is 7.73. The van der Waals surface area contributed by atoms with Crippen molar-refractivity contribution >= 4 is 23.3 Å². The predicted octanol–water partition coefficient (Wildman–Crippen LogP) is 2.62. The minimum atomic E-state index is -0.338. The fourth-order valence-electron chi connectivity index (χ4n) is 2.59. The smallest absolute Gasteiger partial charge is 0.233 e. The maximum absolute atomic E-state index is 12.1. The van der Waals surface area contributed by atoms with E-state index in [4.69, 9.17) is 0 Å². The van der Waals surface area contributed by atoms with Crippen LogP contribution in [0.15, 0.2) is 24.3 Å². The first-order chi connectivity index (χ1) is 10.6. The summed E-state index contributed by atoms with van der Waals surface area (Å²) in [6.45, 7) is 2.96. The van der Waals surface area contributed by atoms with Crippen LogP contribution in [0.4, 0.5) is 5.69 Å². The normalized spacial score (nSPS) is 15.0. The zero-order chi connectivity index (χ0) is 15.9. The Morgan fingerprint density at radius 3 is 2.41 bits per heavy atom. The van der Waals surface area contributed by atoms with Crippen LogP contribution in [0, 0.1) is 0 Å². The Balaban J connectivity index is 1.90. The standard InChI is InChI=1S/C17H22N2O3/c1-13(20)14-7-6-8-15(11-14)18-16(21)12-17(22)19-9-4-2-3-5-10-19/h6-8,11H,2-5,9-10,12H2,1H3,(H,18,21). The number of hydrogen-bond donors (Lipinski definition) is 1. The number of nitrogens with zero attached hydrogens (tertiary/aromatic N) is 1. The average molecular weight is 302 g/mol. The first kappa shape index (κ1) is 16.2. The van der Waals surface area contributed by atoms with Crippen LogP contribution in [-0.4, -0.2) is 35.6 Å². The second-order valence-electron chi connectivity index (χ2n) is 5.66. The summed E-state index contributed by atoms with van der Waals surface area (Å²) in [4.78, 5) is 37.2. The van der Waals surface area contributed by atoms with Gasteiger partial charge in [-0.3, -0.25) is 14.4 Å². The van der Waals surface area contributed by atoms with Crippen molar-refractivity contribution in [2.24, 2.45) is 0 Å². The van der Waals surface area contributed by atoms with Gasteiger partial charge in [-0.15, -0.1) is 0 Å². The molecule has 5 heteroatoms. The van der Waals surface area contributed by atoms with Crippen LogP contribution < -0.4 is 5.32 Å². The molecule has 22 heavy (non-hydrogen) atoms. The molecule has 0 atom stereocenters. The lowest BCUT2D eigenvalue weighted by molar-refractivity contribution is -0.134. The minimum absolute atomic E-state index is 0.0586. The molecule has 1 fully saturated rings. The Kier molecular flexibility index (Phi) is 5.69. The van der Waals surface area contributed by atoms with Gasteiger partial charge in [0.25, 0.3) is 0 Å². The number of carbonyl (C=O) groups excluding carboxylic acids is 3. The molecule has 0 radical (unpaired) electrons. The lowest BCUT2D eigenvalue weighted by Gasteiger charge is -2.19. The SMILES string of the molecule is CC(=O)c1cccc(NC(=O)CC(=O)N2CCCCCC2)c1. The third kappa shape index (κ3) is 4.69. The van der Waals surface area contributed by atoms with E-state index < -0.39 is 0 Å². The van der Waals surface area contributed by atoms with E-state index in [1.54, 1.807) is 29.2 Å². The molecule has 1 aromatic rings. The molecule has 5 nitrogen and oxygen atoms in total. The van der Waals surface area contributed by atoms with E-state index in [9.17, 15) is 14.4 Å². The number of Topliss-reactive ketones (excluding diaryl/α,β-unsaturated/α-hetero) is 1. The first-order valence-corrected chi connectivity index (χ1v) is 7.75. The summed E-state index contributed by atoms with van der Waals surface area (Å²) in [6.07, 6.45) is 4.16. The van der Waals surface area contributed by atoms with Crippen LogP contribution in [0.2, 0.25) is 0 Å². The molecule has 1 aliphatic rings. The number of benzene rings is 1. The Hall–Kier alpha value is -2.17. The fourth-order valence-corrected chi connectivity index (χ4v) is 2.59. The number of anilines is 1. The van der Waals surface area contributed by atoms with Gasteiger partial charge in [0.15, 0.2) is 5.78 Å². The van der Waals surface area contributed by atoms with Crippen LogP contribution in [0.1, 0.15) is 49.4 Å². The van der Waals surface area contributed by atoms with Gasteiger partial charge in [0.05, 0.1) is 0 Å². The van der Waals surface area contributed by atoms with Gasteiger partial charge < -0.3 is 10.2 Å². The number of carbonyl (C=O) groups is 3. The highest BCUT2D eigenvalue weighted by molar-refractivity contribution is 6.04. The summed E-state index contributed by atoms with van der Waals surface area (Å²) in [5.41, 5.74) is 1.08. The van der Waals surface area contributed by atoms with Crippen LogP contribution >= 0.6 is 0 Å². The van der Waals surface area contributed by atoms with Crippen molar-refractivity contribution < 1.29 is 14.4 Å². The minimum Gasteiger partial charge on any atom is -0.342 e. The van der Waals surface area contributed by atoms with Gasteiger partial charge in [0.2, 0.25) is 11.8 Å². The highest BCUT2D eigenvalue weighted by Crippen LogP contribution is 2.13. The molecule has 0 saturated carbocycles. The Morgan fingerprint density at radius 2 is 1.77 bits per heavy atom. The third-order valence-electron chi connectivity index (χ3n) is 3.82. The van der Waals surface area contributed by atoms with E-state index in [1.807, 2.05) is 0 Å². The van der Waals surface area contributed by atoms with Gasteiger partial charge in [0, 0.05) is 24.3 Å². The molecule has 0 aliphatic carbocycles. The summed E-state index contributed by atoms with van der Waals surface area (Å²) < 4.78 is 0. The summed E-state index contributed by atoms with van der Waals surface area (Å²) in [5.74, 6) is -0.520. The van der Waals surface area contributed by atoms with Crippen molar-refractivity contribution in [1.82, 2.24) is 4.90 Å². The van der Waals surface area contributed by atoms with Gasteiger partial charge in [0.1, 0.15) is 6.42 Å². The summed E-state index contributed by atoms with van der Waals surface area (Å²) in [5, 5.41) is 2.68. The molecule has 0 aromatic heterocycles. The lowest BCUT2D eigenvalue weighted by atomic mass is 10.1. The molecule has 1 heterocycles. The van der Waals surface area contributed by atoms with Crippen molar-refractivity contribution in [1.29, 1.82) is 0 Å². The zero-order valence-electron chi connectivity index (χ0n) is 12.9.